The molecule has 0 saturated carbocycles. The zero-order valence-corrected chi connectivity index (χ0v) is 15.1. The first-order valence-electron chi connectivity index (χ1n) is 8.49. The molecule has 4 rings (SSSR count). The Morgan fingerprint density at radius 2 is 1.96 bits per heavy atom. The van der Waals surface area contributed by atoms with Gasteiger partial charge in [0.15, 0.2) is 0 Å². The van der Waals surface area contributed by atoms with E-state index >= 15 is 0 Å². The molecular weight excluding hydrogens is 348 g/mol. The van der Waals surface area contributed by atoms with Crippen LogP contribution in [0.25, 0.3) is 20.5 Å². The SMILES string of the molecule is NC(=O)c1cnc(N)c2cc(-c3ccc(CN4CCOCC4)cc3)sc12. The maximum Gasteiger partial charge on any atom is 0.251 e. The predicted octanol–water partition coefficient (Wildman–Crippen LogP) is 2.48. The van der Waals surface area contributed by atoms with E-state index in [9.17, 15) is 4.79 Å². The number of rotatable bonds is 4. The Hall–Kier alpha value is -2.48. The summed E-state index contributed by atoms with van der Waals surface area (Å²) in [5.41, 5.74) is 14.2. The molecule has 26 heavy (non-hydrogen) atoms. The Labute approximate surface area is 155 Å². The number of amides is 1. The van der Waals surface area contributed by atoms with Gasteiger partial charge in [0.25, 0.3) is 5.91 Å². The number of aromatic nitrogens is 1. The van der Waals surface area contributed by atoms with Crippen molar-refractivity contribution in [1.82, 2.24) is 9.88 Å². The van der Waals surface area contributed by atoms with E-state index in [2.05, 4.69) is 34.1 Å². The number of nitrogens with two attached hydrogens (primary N) is 2. The van der Waals surface area contributed by atoms with Gasteiger partial charge >= 0.3 is 0 Å². The Morgan fingerprint density at radius 1 is 1.23 bits per heavy atom. The van der Waals surface area contributed by atoms with Gasteiger partial charge in [-0.1, -0.05) is 24.3 Å². The number of anilines is 1. The fraction of sp³-hybridized carbons (Fsp3) is 0.263. The van der Waals surface area contributed by atoms with Crippen molar-refractivity contribution in [1.29, 1.82) is 0 Å². The van der Waals surface area contributed by atoms with Crippen LogP contribution in [0.5, 0.6) is 0 Å². The molecule has 0 spiro atoms. The molecule has 3 heterocycles. The lowest BCUT2D eigenvalue weighted by Crippen LogP contribution is -2.35. The first-order chi connectivity index (χ1) is 12.6. The number of carbonyl (C=O) groups excluding carboxylic acids is 1. The highest BCUT2D eigenvalue weighted by Crippen LogP contribution is 2.37. The highest BCUT2D eigenvalue weighted by Gasteiger charge is 2.15. The monoisotopic (exact) mass is 368 g/mol. The Bertz CT molecular complexity index is 946. The number of pyridine rings is 1. The highest BCUT2D eigenvalue weighted by atomic mass is 32.1. The van der Waals surface area contributed by atoms with Crippen molar-refractivity contribution in [2.45, 2.75) is 6.54 Å². The van der Waals surface area contributed by atoms with Gasteiger partial charge in [0.05, 0.1) is 23.5 Å². The van der Waals surface area contributed by atoms with Crippen LogP contribution in [0.15, 0.2) is 36.5 Å². The van der Waals surface area contributed by atoms with Crippen LogP contribution < -0.4 is 11.5 Å². The molecule has 6 nitrogen and oxygen atoms in total. The normalized spacial score (nSPS) is 15.4. The fourth-order valence-corrected chi connectivity index (χ4v) is 4.34. The van der Waals surface area contributed by atoms with Gasteiger partial charge in [0.1, 0.15) is 5.82 Å². The van der Waals surface area contributed by atoms with Crippen LogP contribution in [-0.2, 0) is 11.3 Å². The van der Waals surface area contributed by atoms with Crippen LogP contribution in [0.2, 0.25) is 0 Å². The molecule has 3 aromatic rings. The number of carbonyl (C=O) groups is 1. The molecule has 1 amide bonds. The standard InChI is InChI=1S/C19H20N4O2S/c20-18-14-9-16(26-17(14)15(10-22-18)19(21)24)13-3-1-12(2-4-13)11-23-5-7-25-8-6-23/h1-4,9-10H,5-8,11H2,(H2,20,22)(H2,21,24). The summed E-state index contributed by atoms with van der Waals surface area (Å²) in [4.78, 5) is 19.2. The van der Waals surface area contributed by atoms with E-state index in [0.29, 0.717) is 11.4 Å². The van der Waals surface area contributed by atoms with Crippen LogP contribution >= 0.6 is 11.3 Å². The third-order valence-electron chi connectivity index (χ3n) is 4.60. The van der Waals surface area contributed by atoms with Crippen molar-refractivity contribution >= 4 is 33.1 Å². The van der Waals surface area contributed by atoms with Crippen LogP contribution in [0.1, 0.15) is 15.9 Å². The van der Waals surface area contributed by atoms with Gasteiger partial charge in [-0.15, -0.1) is 11.3 Å². The molecule has 134 valence electrons. The van der Waals surface area contributed by atoms with Crippen LogP contribution in [0, 0.1) is 0 Å². The summed E-state index contributed by atoms with van der Waals surface area (Å²) in [5, 5.41) is 0.777. The van der Waals surface area contributed by atoms with Crippen molar-refractivity contribution in [3.8, 4) is 10.4 Å². The van der Waals surface area contributed by atoms with E-state index in [1.807, 2.05) is 6.07 Å². The number of ether oxygens (including phenoxy) is 1. The topological polar surface area (TPSA) is 94.5 Å². The quantitative estimate of drug-likeness (QED) is 0.738. The molecule has 0 unspecified atom stereocenters. The summed E-state index contributed by atoms with van der Waals surface area (Å²) in [7, 11) is 0. The second-order valence-corrected chi connectivity index (χ2v) is 7.41. The van der Waals surface area contributed by atoms with Crippen molar-refractivity contribution in [3.05, 3.63) is 47.7 Å². The van der Waals surface area contributed by atoms with E-state index < -0.39 is 5.91 Å². The maximum absolute atomic E-state index is 11.6. The molecule has 1 aliphatic rings. The van der Waals surface area contributed by atoms with Crippen LogP contribution in [0.3, 0.4) is 0 Å². The Balaban J connectivity index is 1.62. The zero-order valence-electron chi connectivity index (χ0n) is 14.3. The molecule has 2 aromatic heterocycles. The first kappa shape index (κ1) is 17.0. The smallest absolute Gasteiger partial charge is 0.251 e. The van der Waals surface area contributed by atoms with Gasteiger partial charge in [0, 0.05) is 36.1 Å². The largest absolute Gasteiger partial charge is 0.383 e. The molecule has 1 aromatic carbocycles. The van der Waals surface area contributed by atoms with Crippen LogP contribution in [-0.4, -0.2) is 42.1 Å². The minimum Gasteiger partial charge on any atom is -0.383 e. The minimum atomic E-state index is -0.489. The van der Waals surface area contributed by atoms with Gasteiger partial charge < -0.3 is 16.2 Å². The molecule has 0 aliphatic carbocycles. The Kier molecular flexibility index (Phi) is 4.58. The van der Waals surface area contributed by atoms with Crippen molar-refractivity contribution in [2.75, 3.05) is 32.0 Å². The summed E-state index contributed by atoms with van der Waals surface area (Å²) in [5.74, 6) is -0.0757. The lowest BCUT2D eigenvalue weighted by Gasteiger charge is -2.26. The molecule has 7 heteroatoms. The zero-order chi connectivity index (χ0) is 18.1. The van der Waals surface area contributed by atoms with Gasteiger partial charge in [-0.25, -0.2) is 4.98 Å². The summed E-state index contributed by atoms with van der Waals surface area (Å²) < 4.78 is 6.18. The van der Waals surface area contributed by atoms with Crippen molar-refractivity contribution in [3.63, 3.8) is 0 Å². The summed E-state index contributed by atoms with van der Waals surface area (Å²) in [6.07, 6.45) is 1.45. The van der Waals surface area contributed by atoms with Gasteiger partial charge in [0.2, 0.25) is 0 Å². The lowest BCUT2D eigenvalue weighted by atomic mass is 10.1. The fourth-order valence-electron chi connectivity index (χ4n) is 3.15. The number of thiophene rings is 1. The molecule has 1 aliphatic heterocycles. The van der Waals surface area contributed by atoms with E-state index in [1.54, 1.807) is 0 Å². The number of nitrogen functional groups attached to an aromatic ring is 1. The Morgan fingerprint density at radius 3 is 2.65 bits per heavy atom. The molecule has 0 atom stereocenters. The number of fused-ring (bicyclic) bond motifs is 1. The van der Waals surface area contributed by atoms with E-state index in [-0.39, 0.29) is 0 Å². The van der Waals surface area contributed by atoms with Gasteiger partial charge in [-0.2, -0.15) is 0 Å². The summed E-state index contributed by atoms with van der Waals surface area (Å²) in [6.45, 7) is 4.48. The second kappa shape index (κ2) is 7.03. The molecule has 1 saturated heterocycles. The predicted molar refractivity (Wildman–Crippen MR) is 104 cm³/mol. The van der Waals surface area contributed by atoms with Crippen molar-refractivity contribution < 1.29 is 9.53 Å². The van der Waals surface area contributed by atoms with Gasteiger partial charge in [-0.05, 0) is 17.2 Å². The lowest BCUT2D eigenvalue weighted by molar-refractivity contribution is 0.0342. The number of primary amides is 1. The number of benzene rings is 1. The average Bonchev–Trinajstić information content (AvgIpc) is 3.09. The van der Waals surface area contributed by atoms with E-state index in [1.165, 1.54) is 23.1 Å². The maximum atomic E-state index is 11.6. The molecule has 0 radical (unpaired) electrons. The third-order valence-corrected chi connectivity index (χ3v) is 5.82. The number of hydrogen-bond donors (Lipinski definition) is 2. The first-order valence-corrected chi connectivity index (χ1v) is 9.31. The number of nitrogens with zero attached hydrogens (tertiary/aromatic N) is 2. The molecule has 0 bridgehead atoms. The highest BCUT2D eigenvalue weighted by molar-refractivity contribution is 7.22. The minimum absolute atomic E-state index is 0.411. The second-order valence-electron chi connectivity index (χ2n) is 6.36. The van der Waals surface area contributed by atoms with E-state index in [0.717, 1.165) is 53.4 Å². The summed E-state index contributed by atoms with van der Waals surface area (Å²) in [6, 6.07) is 10.5. The molecule has 1 fully saturated rings. The van der Waals surface area contributed by atoms with E-state index in [4.69, 9.17) is 16.2 Å². The summed E-state index contributed by atoms with van der Waals surface area (Å²) >= 11 is 1.51. The molecule has 4 N–H and O–H groups in total. The number of hydrogen-bond acceptors (Lipinski definition) is 6. The molecular formula is C19H20N4O2S. The van der Waals surface area contributed by atoms with Crippen molar-refractivity contribution in [2.24, 2.45) is 5.73 Å². The average molecular weight is 368 g/mol. The van der Waals surface area contributed by atoms with Crippen LogP contribution in [0.4, 0.5) is 5.82 Å². The third kappa shape index (κ3) is 3.29. The van der Waals surface area contributed by atoms with Gasteiger partial charge in [-0.3, -0.25) is 9.69 Å². The number of morpholine rings is 1.